The first kappa shape index (κ1) is 13.3. The van der Waals surface area contributed by atoms with Crippen molar-refractivity contribution in [2.45, 2.75) is 50.9 Å². The third kappa shape index (κ3) is 1.75. The van der Waals surface area contributed by atoms with Crippen molar-refractivity contribution in [2.24, 2.45) is 23.0 Å². The van der Waals surface area contributed by atoms with Gasteiger partial charge in [0.25, 0.3) is 0 Å². The van der Waals surface area contributed by atoms with Crippen molar-refractivity contribution >= 4 is 5.91 Å². The molecule has 4 N–H and O–H groups in total. The lowest BCUT2D eigenvalue weighted by Gasteiger charge is -2.60. The SMILES string of the molecule is CC1(C)C2OCCC2C1(N)C(=O)NCC(O)C1CC1. The zero-order valence-corrected chi connectivity index (χ0v) is 11.7. The Balaban J connectivity index is 1.64. The lowest BCUT2D eigenvalue weighted by atomic mass is 9.48. The van der Waals surface area contributed by atoms with Crippen LogP contribution in [0.3, 0.4) is 0 Å². The lowest BCUT2D eigenvalue weighted by molar-refractivity contribution is -0.175. The summed E-state index contributed by atoms with van der Waals surface area (Å²) < 4.78 is 5.68. The Morgan fingerprint density at radius 3 is 2.79 bits per heavy atom. The molecular weight excluding hydrogens is 244 g/mol. The first-order chi connectivity index (χ1) is 8.89. The van der Waals surface area contributed by atoms with Crippen molar-refractivity contribution in [3.8, 4) is 0 Å². The van der Waals surface area contributed by atoms with E-state index in [-0.39, 0.29) is 23.3 Å². The molecule has 3 aliphatic rings. The molecule has 0 bridgehead atoms. The Bertz CT molecular complexity index is 394. The van der Waals surface area contributed by atoms with Gasteiger partial charge in [0.1, 0.15) is 5.54 Å². The first-order valence-electron chi connectivity index (χ1n) is 7.26. The van der Waals surface area contributed by atoms with Crippen LogP contribution in [-0.4, -0.2) is 41.9 Å². The number of ether oxygens (including phenoxy) is 1. The second-order valence-electron chi connectivity index (χ2n) is 6.89. The molecule has 0 spiro atoms. The van der Waals surface area contributed by atoms with Gasteiger partial charge in [0.05, 0.1) is 12.2 Å². The molecule has 3 rings (SSSR count). The highest BCUT2D eigenvalue weighted by molar-refractivity contribution is 5.89. The molecule has 1 aliphatic heterocycles. The molecule has 0 aromatic carbocycles. The van der Waals surface area contributed by atoms with Crippen LogP contribution in [0.4, 0.5) is 0 Å². The van der Waals surface area contributed by atoms with Crippen molar-refractivity contribution < 1.29 is 14.6 Å². The second-order valence-corrected chi connectivity index (χ2v) is 6.89. The van der Waals surface area contributed by atoms with E-state index in [9.17, 15) is 9.90 Å². The van der Waals surface area contributed by atoms with E-state index < -0.39 is 11.6 Å². The Morgan fingerprint density at radius 2 is 2.16 bits per heavy atom. The highest BCUT2D eigenvalue weighted by atomic mass is 16.5. The van der Waals surface area contributed by atoms with Crippen LogP contribution in [0, 0.1) is 17.3 Å². The summed E-state index contributed by atoms with van der Waals surface area (Å²) in [7, 11) is 0. The van der Waals surface area contributed by atoms with Crippen LogP contribution in [0.1, 0.15) is 33.1 Å². The molecule has 4 atom stereocenters. The Morgan fingerprint density at radius 1 is 1.47 bits per heavy atom. The highest BCUT2D eigenvalue weighted by Gasteiger charge is 2.71. The van der Waals surface area contributed by atoms with E-state index in [4.69, 9.17) is 10.5 Å². The number of hydrogen-bond acceptors (Lipinski definition) is 4. The third-order valence-electron chi connectivity index (χ3n) is 5.47. The minimum Gasteiger partial charge on any atom is -0.391 e. The van der Waals surface area contributed by atoms with Crippen LogP contribution in [0.5, 0.6) is 0 Å². The summed E-state index contributed by atoms with van der Waals surface area (Å²) in [5.74, 6) is 0.343. The van der Waals surface area contributed by atoms with Gasteiger partial charge in [0.15, 0.2) is 0 Å². The van der Waals surface area contributed by atoms with Crippen LogP contribution in [0.15, 0.2) is 0 Å². The summed E-state index contributed by atoms with van der Waals surface area (Å²) in [6.07, 6.45) is 2.65. The number of amides is 1. The summed E-state index contributed by atoms with van der Waals surface area (Å²) >= 11 is 0. The van der Waals surface area contributed by atoms with Gasteiger partial charge in [-0.25, -0.2) is 0 Å². The predicted molar refractivity (Wildman–Crippen MR) is 70.3 cm³/mol. The van der Waals surface area contributed by atoms with Gasteiger partial charge in [0, 0.05) is 24.5 Å². The number of nitrogens with one attached hydrogen (secondary N) is 1. The van der Waals surface area contributed by atoms with Gasteiger partial charge < -0.3 is 20.9 Å². The van der Waals surface area contributed by atoms with Crippen LogP contribution in [-0.2, 0) is 9.53 Å². The average molecular weight is 268 g/mol. The van der Waals surface area contributed by atoms with Gasteiger partial charge in [-0.2, -0.15) is 0 Å². The molecule has 2 saturated carbocycles. The number of nitrogens with two attached hydrogens (primary N) is 1. The van der Waals surface area contributed by atoms with E-state index in [2.05, 4.69) is 5.32 Å². The fourth-order valence-electron chi connectivity index (χ4n) is 3.84. The predicted octanol–water partition coefficient (Wildman–Crippen LogP) is 0.0159. The van der Waals surface area contributed by atoms with Crippen molar-refractivity contribution in [1.82, 2.24) is 5.32 Å². The monoisotopic (exact) mass is 268 g/mol. The average Bonchev–Trinajstić information content (AvgIpc) is 3.11. The number of hydrogen-bond donors (Lipinski definition) is 3. The van der Waals surface area contributed by atoms with Crippen molar-refractivity contribution in [3.05, 3.63) is 0 Å². The zero-order chi connectivity index (χ0) is 13.8. The quantitative estimate of drug-likeness (QED) is 0.671. The smallest absolute Gasteiger partial charge is 0.241 e. The van der Waals surface area contributed by atoms with Gasteiger partial charge in [-0.15, -0.1) is 0 Å². The lowest BCUT2D eigenvalue weighted by Crippen LogP contribution is -2.80. The molecule has 3 fully saturated rings. The van der Waals surface area contributed by atoms with E-state index in [0.717, 1.165) is 19.3 Å². The molecule has 1 amide bonds. The Labute approximate surface area is 113 Å². The van der Waals surface area contributed by atoms with Crippen LogP contribution < -0.4 is 11.1 Å². The van der Waals surface area contributed by atoms with Crippen molar-refractivity contribution in [2.75, 3.05) is 13.2 Å². The Hall–Kier alpha value is -0.650. The minimum atomic E-state index is -0.864. The van der Waals surface area contributed by atoms with Gasteiger partial charge in [-0.1, -0.05) is 13.8 Å². The van der Waals surface area contributed by atoms with Crippen LogP contribution in [0.25, 0.3) is 0 Å². The fourth-order valence-corrected chi connectivity index (χ4v) is 3.84. The summed E-state index contributed by atoms with van der Waals surface area (Å²) in [6.45, 7) is 5.00. The number of aliphatic hydroxyl groups excluding tert-OH is 1. The number of fused-ring (bicyclic) bond motifs is 1. The summed E-state index contributed by atoms with van der Waals surface area (Å²) in [4.78, 5) is 12.5. The Kier molecular flexibility index (Phi) is 2.93. The fraction of sp³-hybridized carbons (Fsp3) is 0.929. The minimum absolute atomic E-state index is 0.0941. The molecule has 1 saturated heterocycles. The molecule has 0 aromatic heterocycles. The number of carbonyl (C=O) groups is 1. The third-order valence-corrected chi connectivity index (χ3v) is 5.47. The number of carbonyl (C=O) groups excluding carboxylic acids is 1. The summed E-state index contributed by atoms with van der Waals surface area (Å²) in [5, 5.41) is 12.7. The van der Waals surface area contributed by atoms with Gasteiger partial charge >= 0.3 is 0 Å². The standard InChI is InChI=1S/C14H24N2O3/c1-13(2)11-9(5-6-19-11)14(13,15)12(18)16-7-10(17)8-3-4-8/h8-11,17H,3-7,15H2,1-2H3,(H,16,18). The molecule has 5 nitrogen and oxygen atoms in total. The van der Waals surface area contributed by atoms with E-state index in [1.807, 2.05) is 13.8 Å². The second kappa shape index (κ2) is 4.17. The maximum atomic E-state index is 12.5. The molecule has 19 heavy (non-hydrogen) atoms. The molecule has 5 heteroatoms. The normalized spacial score (nSPS) is 41.3. The van der Waals surface area contributed by atoms with E-state index in [0.29, 0.717) is 19.1 Å². The summed E-state index contributed by atoms with van der Waals surface area (Å²) in [6, 6.07) is 0. The van der Waals surface area contributed by atoms with E-state index in [1.165, 1.54) is 0 Å². The van der Waals surface area contributed by atoms with Crippen LogP contribution >= 0.6 is 0 Å². The number of rotatable bonds is 4. The van der Waals surface area contributed by atoms with Crippen molar-refractivity contribution in [3.63, 3.8) is 0 Å². The highest BCUT2D eigenvalue weighted by Crippen LogP contribution is 2.58. The van der Waals surface area contributed by atoms with Crippen molar-refractivity contribution in [1.29, 1.82) is 0 Å². The van der Waals surface area contributed by atoms with Gasteiger partial charge in [-0.3, -0.25) is 4.79 Å². The molecule has 2 aliphatic carbocycles. The number of aliphatic hydroxyl groups is 1. The molecule has 4 unspecified atom stereocenters. The molecule has 0 radical (unpaired) electrons. The molecular formula is C14H24N2O3. The van der Waals surface area contributed by atoms with E-state index in [1.54, 1.807) is 0 Å². The maximum Gasteiger partial charge on any atom is 0.241 e. The van der Waals surface area contributed by atoms with Crippen LogP contribution in [0.2, 0.25) is 0 Å². The summed E-state index contributed by atoms with van der Waals surface area (Å²) in [5.41, 5.74) is 5.21. The zero-order valence-electron chi connectivity index (χ0n) is 11.7. The van der Waals surface area contributed by atoms with Gasteiger partial charge in [-0.05, 0) is 25.2 Å². The molecule has 0 aromatic rings. The van der Waals surface area contributed by atoms with E-state index >= 15 is 0 Å². The first-order valence-corrected chi connectivity index (χ1v) is 7.26. The molecule has 108 valence electrons. The molecule has 1 heterocycles. The largest absolute Gasteiger partial charge is 0.391 e. The topological polar surface area (TPSA) is 84.6 Å². The maximum absolute atomic E-state index is 12.5. The van der Waals surface area contributed by atoms with Gasteiger partial charge in [0.2, 0.25) is 5.91 Å².